The van der Waals surface area contributed by atoms with E-state index in [1.165, 1.54) is 17.8 Å². The molecule has 402 valence electrons. The van der Waals surface area contributed by atoms with Crippen molar-refractivity contribution in [1.29, 1.82) is 0 Å². The van der Waals surface area contributed by atoms with E-state index in [-0.39, 0.29) is 46.2 Å². The number of fused-ring (bicyclic) bond motifs is 2. The first-order valence-corrected chi connectivity index (χ1v) is 27.4. The summed E-state index contributed by atoms with van der Waals surface area (Å²) in [6, 6.07) is 17.7. The van der Waals surface area contributed by atoms with Crippen molar-refractivity contribution in [2.24, 2.45) is 16.2 Å². The first kappa shape index (κ1) is 53.0. The van der Waals surface area contributed by atoms with Gasteiger partial charge in [0.1, 0.15) is 35.8 Å². The number of pyridine rings is 1. The van der Waals surface area contributed by atoms with Crippen molar-refractivity contribution in [3.8, 4) is 11.1 Å². The SMILES string of the molecule is Cc1c(-c2ccc(N3CCc4cccc(C(=O)Nc5nc6ccccc6s5)c4C3)nc2C(=O)OC(C)(C)C)cnn1CC12CC3(OCCNC[C@@H]4OC(C)(C)O[C@H]4COC(=O)OC(C)(C)C)C[C@](C)(C1)C[C@](C)(C2)C3. The molecule has 1 saturated heterocycles. The highest BCUT2D eigenvalue weighted by atomic mass is 32.1. The average molecular weight is 1050 g/mol. The molecule has 17 heteroatoms. The van der Waals surface area contributed by atoms with Crippen molar-refractivity contribution in [3.63, 3.8) is 0 Å². The molecule has 3 aromatic heterocycles. The Morgan fingerprint density at radius 1 is 0.827 bits per heavy atom. The Morgan fingerprint density at radius 2 is 1.56 bits per heavy atom. The molecule has 2 aromatic carbocycles. The molecular formula is C58H75N7O9S. The summed E-state index contributed by atoms with van der Waals surface area (Å²) in [6.45, 7) is 25.3. The van der Waals surface area contributed by atoms with Crippen LogP contribution in [0.25, 0.3) is 21.3 Å². The molecule has 11 rings (SSSR count). The Kier molecular flexibility index (Phi) is 13.8. The van der Waals surface area contributed by atoms with Crippen LogP contribution in [0.2, 0.25) is 0 Å². The summed E-state index contributed by atoms with van der Waals surface area (Å²) in [6.07, 6.45) is 7.46. The van der Waals surface area contributed by atoms with E-state index in [1.807, 2.05) is 89.3 Å². The number of thiazole rings is 1. The number of anilines is 2. The molecule has 16 nitrogen and oxygen atoms in total. The summed E-state index contributed by atoms with van der Waals surface area (Å²) in [7, 11) is 0. The van der Waals surface area contributed by atoms with Gasteiger partial charge in [-0.05, 0) is 165 Å². The summed E-state index contributed by atoms with van der Waals surface area (Å²) in [5, 5.41) is 12.2. The lowest BCUT2D eigenvalue weighted by Gasteiger charge is -2.69. The van der Waals surface area contributed by atoms with Crippen LogP contribution in [-0.4, -0.2) is 105 Å². The molecule has 5 fully saturated rings. The fourth-order valence-corrected chi connectivity index (χ4v) is 14.8. The topological polar surface area (TPSA) is 177 Å². The maximum absolute atomic E-state index is 14.3. The van der Waals surface area contributed by atoms with Crippen LogP contribution in [0, 0.1) is 23.2 Å². The van der Waals surface area contributed by atoms with E-state index < -0.39 is 35.2 Å². The zero-order valence-electron chi connectivity index (χ0n) is 45.6. The fourth-order valence-electron chi connectivity index (χ4n) is 14.0. The van der Waals surface area contributed by atoms with E-state index in [4.69, 9.17) is 38.5 Å². The van der Waals surface area contributed by atoms with E-state index >= 15 is 0 Å². The van der Waals surface area contributed by atoms with Gasteiger partial charge in [-0.15, -0.1) is 0 Å². The van der Waals surface area contributed by atoms with Gasteiger partial charge in [0.15, 0.2) is 16.6 Å². The zero-order chi connectivity index (χ0) is 53.3. The first-order chi connectivity index (χ1) is 35.3. The molecule has 0 spiro atoms. The van der Waals surface area contributed by atoms with Crippen molar-refractivity contribution in [1.82, 2.24) is 25.1 Å². The molecule has 1 amide bonds. The van der Waals surface area contributed by atoms with Gasteiger partial charge in [-0.1, -0.05) is 49.4 Å². The van der Waals surface area contributed by atoms with Gasteiger partial charge >= 0.3 is 12.1 Å². The largest absolute Gasteiger partial charge is 0.508 e. The van der Waals surface area contributed by atoms with E-state index in [9.17, 15) is 14.4 Å². The normalized spacial score (nSPS) is 26.8. The number of hydrogen-bond acceptors (Lipinski definition) is 15. The number of hydrogen-bond donors (Lipinski definition) is 2. The summed E-state index contributed by atoms with van der Waals surface area (Å²) in [4.78, 5) is 52.3. The molecule has 4 bridgehead atoms. The number of nitrogens with zero attached hydrogens (tertiary/aromatic N) is 5. The number of aromatic nitrogens is 4. The number of ether oxygens (including phenoxy) is 6. The highest BCUT2D eigenvalue weighted by Crippen LogP contribution is 2.72. The minimum atomic E-state index is -0.812. The van der Waals surface area contributed by atoms with Crippen LogP contribution >= 0.6 is 11.3 Å². The number of benzene rings is 2. The third-order valence-electron chi connectivity index (χ3n) is 15.4. The molecule has 4 aliphatic carbocycles. The zero-order valence-corrected chi connectivity index (χ0v) is 46.5. The van der Waals surface area contributed by atoms with Crippen LogP contribution < -0.4 is 15.5 Å². The van der Waals surface area contributed by atoms with Crippen molar-refractivity contribution >= 4 is 50.5 Å². The second kappa shape index (κ2) is 19.5. The van der Waals surface area contributed by atoms with E-state index in [0.717, 1.165) is 71.2 Å². The van der Waals surface area contributed by atoms with Gasteiger partial charge in [0.05, 0.1) is 28.6 Å². The molecule has 2 N–H and O–H groups in total. The van der Waals surface area contributed by atoms with Crippen LogP contribution in [0.5, 0.6) is 0 Å². The maximum atomic E-state index is 14.3. The molecule has 2 aliphatic heterocycles. The molecule has 0 radical (unpaired) electrons. The predicted octanol–water partition coefficient (Wildman–Crippen LogP) is 10.8. The molecular weight excluding hydrogens is 971 g/mol. The number of esters is 1. The molecule has 5 aromatic rings. The number of para-hydroxylation sites is 1. The summed E-state index contributed by atoms with van der Waals surface area (Å²) in [5.41, 5.74) is 4.72. The first-order valence-electron chi connectivity index (χ1n) is 26.6. The Hall–Kier alpha value is -5.46. The lowest BCUT2D eigenvalue weighted by molar-refractivity contribution is -0.247. The van der Waals surface area contributed by atoms with Gasteiger partial charge in [0.2, 0.25) is 0 Å². The van der Waals surface area contributed by atoms with E-state index in [0.29, 0.717) is 61.3 Å². The minimum absolute atomic E-state index is 0.0295. The Morgan fingerprint density at radius 3 is 2.29 bits per heavy atom. The van der Waals surface area contributed by atoms with Crippen molar-refractivity contribution in [3.05, 3.63) is 88.9 Å². The highest BCUT2D eigenvalue weighted by Gasteiger charge is 2.66. The Bertz CT molecular complexity index is 2940. The van der Waals surface area contributed by atoms with Gasteiger partial charge < -0.3 is 38.6 Å². The fraction of sp³-hybridized carbons (Fsp3) is 0.586. The number of carbonyl (C=O) groups is 3. The van der Waals surface area contributed by atoms with Crippen molar-refractivity contribution in [2.75, 3.05) is 43.1 Å². The summed E-state index contributed by atoms with van der Waals surface area (Å²) >= 11 is 1.45. The second-order valence-electron chi connectivity index (χ2n) is 25.3. The van der Waals surface area contributed by atoms with Crippen molar-refractivity contribution < 1.29 is 42.8 Å². The van der Waals surface area contributed by atoms with Crippen LogP contribution in [0.4, 0.5) is 15.7 Å². The molecule has 5 heterocycles. The molecule has 6 aliphatic rings. The van der Waals surface area contributed by atoms with Crippen LogP contribution in [0.3, 0.4) is 0 Å². The lowest BCUT2D eigenvalue weighted by atomic mass is 9.39. The Balaban J connectivity index is 0.835. The summed E-state index contributed by atoms with van der Waals surface area (Å²) in [5.74, 6) is -0.896. The van der Waals surface area contributed by atoms with Gasteiger partial charge in [-0.25, -0.2) is 19.6 Å². The average Bonchev–Trinajstić information content (AvgIpc) is 3.97. The van der Waals surface area contributed by atoms with Crippen molar-refractivity contribution in [2.45, 2.75) is 169 Å². The molecule has 4 saturated carbocycles. The van der Waals surface area contributed by atoms with Gasteiger partial charge in [0, 0.05) is 55.1 Å². The van der Waals surface area contributed by atoms with Gasteiger partial charge in [0.25, 0.3) is 5.91 Å². The summed E-state index contributed by atoms with van der Waals surface area (Å²) < 4.78 is 39.4. The monoisotopic (exact) mass is 1050 g/mol. The molecule has 6 atom stereocenters. The van der Waals surface area contributed by atoms with Crippen LogP contribution in [0.1, 0.15) is 145 Å². The second-order valence-corrected chi connectivity index (χ2v) is 26.4. The highest BCUT2D eigenvalue weighted by molar-refractivity contribution is 7.22. The quantitative estimate of drug-likeness (QED) is 0.0747. The predicted molar refractivity (Wildman–Crippen MR) is 288 cm³/mol. The number of amides is 1. The number of nitrogens with one attached hydrogen (secondary N) is 2. The molecule has 2 unspecified atom stereocenters. The third-order valence-corrected chi connectivity index (χ3v) is 16.4. The van der Waals surface area contributed by atoms with Crippen LogP contribution in [-0.2, 0) is 47.9 Å². The third kappa shape index (κ3) is 11.6. The van der Waals surface area contributed by atoms with Gasteiger partial charge in [-0.3, -0.25) is 14.8 Å². The smallest absolute Gasteiger partial charge is 0.455 e. The number of rotatable bonds is 15. The maximum Gasteiger partial charge on any atom is 0.508 e. The van der Waals surface area contributed by atoms with Gasteiger partial charge in [-0.2, -0.15) is 5.10 Å². The Labute approximate surface area is 444 Å². The van der Waals surface area contributed by atoms with E-state index in [1.54, 1.807) is 20.8 Å². The van der Waals surface area contributed by atoms with Crippen LogP contribution in [0.15, 0.2) is 60.8 Å². The minimum Gasteiger partial charge on any atom is -0.455 e. The van der Waals surface area contributed by atoms with E-state index in [2.05, 4.69) is 52.0 Å². The standard InChI is InChI=1S/C58H75N7O9S/c1-36-40(38-19-20-46(62-47(38)49(67)73-52(2,3)4)64-23-21-37-15-14-16-39(41(37)27-64)48(66)63-50-61-42-17-12-13-18-45(42)75-50)25-60-65(36)35-57-30-55(10)29-56(11,31-57)33-58(32-55,34-57)70-24-22-59-26-43-44(72-54(8,9)71-43)28-69-51(68)74-53(5,6)7/h12-20,25,43-44,59H,21-24,26-35H2,1-11H3,(H,61,63,66)/t43-,44-,55-,56+,57?,58?/m0/s1. The lowest BCUT2D eigenvalue weighted by Crippen LogP contribution is -2.64. The number of carbonyl (C=O) groups excluding carboxylic acids is 3. The molecule has 75 heavy (non-hydrogen) atoms.